The Balaban J connectivity index is 3.29. The van der Waals surface area contributed by atoms with Crippen molar-refractivity contribution in [2.24, 2.45) is 5.73 Å². The van der Waals surface area contributed by atoms with Crippen molar-refractivity contribution in [2.75, 3.05) is 6.26 Å². The maximum Gasteiger partial charge on any atom is 0.248 e. The Kier molecular flexibility index (Phi) is 2.33. The molecule has 0 fully saturated rings. The zero-order chi connectivity index (χ0) is 10.1. The average Bonchev–Trinajstić information content (AvgIpc) is 2.03. The largest absolute Gasteiger partial charge is 0.366 e. The minimum Gasteiger partial charge on any atom is -0.366 e. The van der Waals surface area contributed by atoms with Gasteiger partial charge in [0.05, 0.1) is 0 Å². The fourth-order valence-electron chi connectivity index (χ4n) is 0.765. The summed E-state index contributed by atoms with van der Waals surface area (Å²) in [5.41, 5.74) is 5.10. The Morgan fingerprint density at radius 3 is 2.62 bits per heavy atom. The van der Waals surface area contributed by atoms with Crippen LogP contribution < -0.4 is 5.73 Å². The molecular weight excluding hydrogens is 192 g/mol. The van der Waals surface area contributed by atoms with Gasteiger partial charge in [0.2, 0.25) is 5.91 Å². The summed E-state index contributed by atoms with van der Waals surface area (Å²) in [5, 5.41) is -0.149. The summed E-state index contributed by atoms with van der Waals surface area (Å²) in [5.74, 6) is -0.674. The standard InChI is InChI=1S/C7H8N2O3S/c1-13(11,12)6-4-5(7(8)10)2-3-9-6/h2-4H,1H3,(H2,8,10). The summed E-state index contributed by atoms with van der Waals surface area (Å²) in [7, 11) is -3.38. The fraction of sp³-hybridized carbons (Fsp3) is 0.143. The highest BCUT2D eigenvalue weighted by Crippen LogP contribution is 2.06. The van der Waals surface area contributed by atoms with Gasteiger partial charge in [-0.15, -0.1) is 0 Å². The number of hydrogen-bond acceptors (Lipinski definition) is 4. The number of primary amides is 1. The van der Waals surface area contributed by atoms with Gasteiger partial charge in [-0.05, 0) is 12.1 Å². The highest BCUT2D eigenvalue weighted by molar-refractivity contribution is 7.90. The smallest absolute Gasteiger partial charge is 0.248 e. The molecule has 5 nitrogen and oxygen atoms in total. The van der Waals surface area contributed by atoms with Gasteiger partial charge in [-0.3, -0.25) is 4.79 Å². The normalized spacial score (nSPS) is 11.2. The lowest BCUT2D eigenvalue weighted by Crippen LogP contribution is -2.12. The molecule has 1 rings (SSSR count). The maximum absolute atomic E-state index is 11.0. The second-order valence-corrected chi connectivity index (χ2v) is 4.48. The van der Waals surface area contributed by atoms with Crippen LogP contribution in [0.1, 0.15) is 10.4 Å². The van der Waals surface area contributed by atoms with Gasteiger partial charge < -0.3 is 5.73 Å². The van der Waals surface area contributed by atoms with Crippen molar-refractivity contribution in [1.82, 2.24) is 4.98 Å². The molecule has 0 spiro atoms. The van der Waals surface area contributed by atoms with E-state index in [4.69, 9.17) is 5.73 Å². The number of carbonyl (C=O) groups excluding carboxylic acids is 1. The van der Waals surface area contributed by atoms with E-state index in [1.165, 1.54) is 12.3 Å². The predicted molar refractivity (Wildman–Crippen MR) is 45.9 cm³/mol. The number of nitrogens with zero attached hydrogens (tertiary/aromatic N) is 1. The number of hydrogen-bond donors (Lipinski definition) is 1. The van der Waals surface area contributed by atoms with Gasteiger partial charge >= 0.3 is 0 Å². The molecule has 1 aromatic heterocycles. The zero-order valence-electron chi connectivity index (χ0n) is 6.89. The third-order valence-corrected chi connectivity index (χ3v) is 2.38. The molecule has 1 amide bonds. The van der Waals surface area contributed by atoms with E-state index in [2.05, 4.69) is 4.98 Å². The summed E-state index contributed by atoms with van der Waals surface area (Å²) >= 11 is 0. The second-order valence-electron chi connectivity index (χ2n) is 2.52. The molecule has 0 saturated heterocycles. The number of pyridine rings is 1. The highest BCUT2D eigenvalue weighted by Gasteiger charge is 2.10. The van der Waals surface area contributed by atoms with Gasteiger partial charge in [0.25, 0.3) is 0 Å². The van der Waals surface area contributed by atoms with Crippen molar-refractivity contribution in [2.45, 2.75) is 5.03 Å². The Hall–Kier alpha value is -1.43. The first kappa shape index (κ1) is 9.66. The van der Waals surface area contributed by atoms with Gasteiger partial charge in [-0.1, -0.05) is 0 Å². The van der Waals surface area contributed by atoms with Crippen LogP contribution in [0.4, 0.5) is 0 Å². The Labute approximate surface area is 75.5 Å². The molecule has 0 unspecified atom stereocenters. The zero-order valence-corrected chi connectivity index (χ0v) is 7.71. The predicted octanol–water partition coefficient (Wildman–Crippen LogP) is -0.416. The monoisotopic (exact) mass is 200 g/mol. The second kappa shape index (κ2) is 3.14. The van der Waals surface area contributed by atoms with Crippen molar-refractivity contribution in [1.29, 1.82) is 0 Å². The lowest BCUT2D eigenvalue weighted by Gasteiger charge is -1.98. The Morgan fingerprint density at radius 2 is 2.15 bits per heavy atom. The molecule has 2 N–H and O–H groups in total. The summed E-state index contributed by atoms with van der Waals surface area (Å²) in [4.78, 5) is 14.3. The van der Waals surface area contributed by atoms with E-state index in [0.717, 1.165) is 12.3 Å². The third-order valence-electron chi connectivity index (χ3n) is 1.40. The molecule has 0 aliphatic rings. The lowest BCUT2D eigenvalue weighted by molar-refractivity contribution is 0.1000. The number of sulfone groups is 1. The van der Waals surface area contributed by atoms with Crippen molar-refractivity contribution in [3.05, 3.63) is 23.9 Å². The number of carbonyl (C=O) groups is 1. The van der Waals surface area contributed by atoms with E-state index in [1.54, 1.807) is 0 Å². The molecule has 0 radical (unpaired) electrons. The number of amides is 1. The molecule has 0 aromatic carbocycles. The topological polar surface area (TPSA) is 90.1 Å². The van der Waals surface area contributed by atoms with Crippen molar-refractivity contribution >= 4 is 15.7 Å². The number of rotatable bonds is 2. The van der Waals surface area contributed by atoms with Crippen molar-refractivity contribution in [3.63, 3.8) is 0 Å². The first-order valence-electron chi connectivity index (χ1n) is 3.37. The van der Waals surface area contributed by atoms with Crippen LogP contribution in [0.25, 0.3) is 0 Å². The Morgan fingerprint density at radius 1 is 1.54 bits per heavy atom. The summed E-state index contributed by atoms with van der Waals surface area (Å²) in [6.07, 6.45) is 2.25. The van der Waals surface area contributed by atoms with Crippen molar-refractivity contribution in [3.8, 4) is 0 Å². The van der Waals surface area contributed by atoms with E-state index in [9.17, 15) is 13.2 Å². The quantitative estimate of drug-likeness (QED) is 0.702. The Bertz CT molecular complexity index is 439. The van der Waals surface area contributed by atoms with Crippen LogP contribution in [0.15, 0.2) is 23.4 Å². The van der Waals surface area contributed by atoms with Gasteiger partial charge in [-0.25, -0.2) is 13.4 Å². The molecule has 6 heteroatoms. The molecule has 0 aliphatic carbocycles. The SMILES string of the molecule is CS(=O)(=O)c1cc(C(N)=O)ccn1. The minimum atomic E-state index is -3.38. The minimum absolute atomic E-state index is 0.135. The molecule has 1 heterocycles. The summed E-state index contributed by atoms with van der Waals surface area (Å²) in [6, 6.07) is 2.51. The molecule has 0 aliphatic heterocycles. The van der Waals surface area contributed by atoms with Gasteiger partial charge in [-0.2, -0.15) is 0 Å². The summed E-state index contributed by atoms with van der Waals surface area (Å²) < 4.78 is 22.0. The van der Waals surface area contributed by atoms with Crippen LogP contribution in [0.5, 0.6) is 0 Å². The van der Waals surface area contributed by atoms with Crippen LogP contribution >= 0.6 is 0 Å². The lowest BCUT2D eigenvalue weighted by atomic mass is 10.3. The van der Waals surface area contributed by atoms with E-state index in [0.29, 0.717) is 0 Å². The maximum atomic E-state index is 11.0. The molecule has 1 aromatic rings. The van der Waals surface area contributed by atoms with Crippen LogP contribution in [0.3, 0.4) is 0 Å². The van der Waals surface area contributed by atoms with E-state index in [-0.39, 0.29) is 10.6 Å². The first-order chi connectivity index (χ1) is 5.91. The molecule has 0 saturated carbocycles. The number of aromatic nitrogens is 1. The summed E-state index contributed by atoms with van der Waals surface area (Å²) in [6.45, 7) is 0. The van der Waals surface area contributed by atoms with Gasteiger partial charge in [0.15, 0.2) is 14.9 Å². The molecule has 13 heavy (non-hydrogen) atoms. The van der Waals surface area contributed by atoms with Gasteiger partial charge in [0.1, 0.15) is 0 Å². The van der Waals surface area contributed by atoms with Crippen LogP contribution in [0.2, 0.25) is 0 Å². The van der Waals surface area contributed by atoms with Crippen molar-refractivity contribution < 1.29 is 13.2 Å². The van der Waals surface area contributed by atoms with Crippen LogP contribution in [-0.4, -0.2) is 25.6 Å². The molecule has 0 bridgehead atoms. The fourth-order valence-corrected chi connectivity index (χ4v) is 1.36. The number of nitrogens with two attached hydrogens (primary N) is 1. The molecule has 0 atom stereocenters. The molecular formula is C7H8N2O3S. The van der Waals surface area contributed by atoms with E-state index >= 15 is 0 Å². The average molecular weight is 200 g/mol. The van der Waals surface area contributed by atoms with Crippen LogP contribution in [-0.2, 0) is 9.84 Å². The first-order valence-corrected chi connectivity index (χ1v) is 5.26. The van der Waals surface area contributed by atoms with Gasteiger partial charge in [0, 0.05) is 18.0 Å². The molecule has 70 valence electrons. The van der Waals surface area contributed by atoms with E-state index < -0.39 is 15.7 Å². The third kappa shape index (κ3) is 2.25. The highest BCUT2D eigenvalue weighted by atomic mass is 32.2. The van der Waals surface area contributed by atoms with Crippen LogP contribution in [0, 0.1) is 0 Å². The van der Waals surface area contributed by atoms with E-state index in [1.807, 2.05) is 0 Å².